The van der Waals surface area contributed by atoms with E-state index in [0.29, 0.717) is 34.0 Å². The summed E-state index contributed by atoms with van der Waals surface area (Å²) in [4.78, 5) is 17.8. The number of ether oxygens (including phenoxy) is 1. The number of halogens is 3. The number of aromatic nitrogens is 1. The molecule has 1 aromatic carbocycles. The molecule has 4 nitrogen and oxygen atoms in total. The van der Waals surface area contributed by atoms with E-state index < -0.39 is 0 Å². The van der Waals surface area contributed by atoms with E-state index in [0.717, 1.165) is 0 Å². The number of pyridine rings is 1. The highest BCUT2D eigenvalue weighted by atomic mass is 79.9. The van der Waals surface area contributed by atoms with Crippen LogP contribution in [0.5, 0.6) is 5.75 Å². The molecule has 0 unspecified atom stereocenters. The van der Waals surface area contributed by atoms with Gasteiger partial charge in [-0.15, -0.1) is 0 Å². The van der Waals surface area contributed by atoms with Gasteiger partial charge in [0.1, 0.15) is 17.5 Å². The summed E-state index contributed by atoms with van der Waals surface area (Å²) in [5.74, 6) is 0.448. The van der Waals surface area contributed by atoms with Gasteiger partial charge in [0.2, 0.25) is 0 Å². The highest BCUT2D eigenvalue weighted by Crippen LogP contribution is 2.20. The van der Waals surface area contributed by atoms with Crippen LogP contribution >= 0.6 is 39.1 Å². The van der Waals surface area contributed by atoms with Crippen LogP contribution in [0.15, 0.2) is 41.0 Å². The zero-order chi connectivity index (χ0) is 16.1. The van der Waals surface area contributed by atoms with Gasteiger partial charge in [-0.3, -0.25) is 4.79 Å². The van der Waals surface area contributed by atoms with Crippen molar-refractivity contribution in [3.63, 3.8) is 0 Å². The molecule has 2 aromatic rings. The molecule has 1 heterocycles. The molecule has 1 amide bonds. The molecule has 7 heteroatoms. The van der Waals surface area contributed by atoms with Gasteiger partial charge in [0.25, 0.3) is 5.91 Å². The minimum atomic E-state index is -0.214. The van der Waals surface area contributed by atoms with Gasteiger partial charge in [0.15, 0.2) is 0 Å². The summed E-state index contributed by atoms with van der Waals surface area (Å²) in [6.07, 6.45) is 1.54. The Kier molecular flexibility index (Phi) is 6.06. The highest BCUT2D eigenvalue weighted by molar-refractivity contribution is 9.10. The monoisotopic (exact) mass is 402 g/mol. The van der Waals surface area contributed by atoms with Crippen LogP contribution in [0.2, 0.25) is 10.2 Å². The Balaban J connectivity index is 1.93. The number of hydrogen-bond acceptors (Lipinski definition) is 3. The van der Waals surface area contributed by atoms with Crippen LogP contribution in [0.4, 0.5) is 0 Å². The van der Waals surface area contributed by atoms with Crippen LogP contribution in [0.3, 0.4) is 0 Å². The summed E-state index contributed by atoms with van der Waals surface area (Å²) in [5.41, 5.74) is 0.348. The molecule has 0 atom stereocenters. The molecule has 2 rings (SSSR count). The molecular formula is C15H13BrCl2N2O2. The third-order valence-electron chi connectivity index (χ3n) is 2.87. The fraction of sp³-hybridized carbons (Fsp3) is 0.200. The van der Waals surface area contributed by atoms with E-state index in [1.165, 1.54) is 4.90 Å². The molecule has 1 aromatic heterocycles. The molecular weight excluding hydrogens is 391 g/mol. The molecule has 116 valence electrons. The van der Waals surface area contributed by atoms with E-state index in [4.69, 9.17) is 27.9 Å². The smallest absolute Gasteiger partial charge is 0.256 e. The first-order chi connectivity index (χ1) is 10.5. The quantitative estimate of drug-likeness (QED) is 0.699. The number of amides is 1. The van der Waals surface area contributed by atoms with Gasteiger partial charge in [0.05, 0.1) is 12.1 Å². The van der Waals surface area contributed by atoms with E-state index in [1.54, 1.807) is 37.5 Å². The van der Waals surface area contributed by atoms with Crippen LogP contribution in [0, 0.1) is 0 Å². The van der Waals surface area contributed by atoms with E-state index >= 15 is 0 Å². The number of rotatable bonds is 5. The minimum absolute atomic E-state index is 0.177. The molecule has 0 aliphatic heterocycles. The van der Waals surface area contributed by atoms with E-state index in [9.17, 15) is 4.79 Å². The highest BCUT2D eigenvalue weighted by Gasteiger charge is 2.16. The average molecular weight is 404 g/mol. The molecule has 0 N–H and O–H groups in total. The van der Waals surface area contributed by atoms with Crippen molar-refractivity contribution in [2.75, 3.05) is 20.2 Å². The number of carbonyl (C=O) groups is 1. The topological polar surface area (TPSA) is 42.4 Å². The number of hydrogen-bond donors (Lipinski definition) is 0. The van der Waals surface area contributed by atoms with Gasteiger partial charge in [-0.25, -0.2) is 4.98 Å². The third-order valence-corrected chi connectivity index (χ3v) is 3.84. The maximum atomic E-state index is 12.3. The third kappa shape index (κ3) is 4.60. The molecule has 0 aliphatic carbocycles. The lowest BCUT2D eigenvalue weighted by Gasteiger charge is -2.18. The van der Waals surface area contributed by atoms with E-state index in [1.807, 2.05) is 6.07 Å². The van der Waals surface area contributed by atoms with E-state index in [-0.39, 0.29) is 11.1 Å². The van der Waals surface area contributed by atoms with Crippen LogP contribution in [-0.4, -0.2) is 36.0 Å². The number of carbonyl (C=O) groups excluding carboxylic acids is 1. The minimum Gasteiger partial charge on any atom is -0.492 e. The SMILES string of the molecule is CN(CCOc1cccc(Cl)c1)C(=O)c1cc(Br)cnc1Cl. The summed E-state index contributed by atoms with van der Waals surface area (Å²) in [7, 11) is 1.68. The average Bonchev–Trinajstić information content (AvgIpc) is 2.49. The first-order valence-electron chi connectivity index (χ1n) is 6.42. The normalized spacial score (nSPS) is 10.4. The van der Waals surface area contributed by atoms with Crippen molar-refractivity contribution >= 4 is 45.0 Å². The van der Waals surface area contributed by atoms with Crippen molar-refractivity contribution in [1.29, 1.82) is 0 Å². The van der Waals surface area contributed by atoms with Gasteiger partial charge in [-0.2, -0.15) is 0 Å². The van der Waals surface area contributed by atoms with Crippen molar-refractivity contribution in [3.8, 4) is 5.75 Å². The Bertz CT molecular complexity index is 682. The fourth-order valence-corrected chi connectivity index (χ4v) is 2.43. The molecule has 0 bridgehead atoms. The molecule has 0 saturated heterocycles. The second kappa shape index (κ2) is 7.81. The van der Waals surface area contributed by atoms with Crippen molar-refractivity contribution in [2.24, 2.45) is 0 Å². The number of nitrogens with zero attached hydrogens (tertiary/aromatic N) is 2. The lowest BCUT2D eigenvalue weighted by Crippen LogP contribution is -2.31. The summed E-state index contributed by atoms with van der Waals surface area (Å²) >= 11 is 15.1. The van der Waals surface area contributed by atoms with Crippen LogP contribution in [0.1, 0.15) is 10.4 Å². The molecule has 0 saturated carbocycles. The van der Waals surface area contributed by atoms with Gasteiger partial charge >= 0.3 is 0 Å². The second-order valence-corrected chi connectivity index (χ2v) is 6.23. The van der Waals surface area contributed by atoms with Gasteiger partial charge in [0, 0.05) is 22.7 Å². The maximum absolute atomic E-state index is 12.3. The maximum Gasteiger partial charge on any atom is 0.256 e. The summed E-state index contributed by atoms with van der Waals surface area (Å²) in [6.45, 7) is 0.760. The van der Waals surface area contributed by atoms with Crippen LogP contribution in [-0.2, 0) is 0 Å². The summed E-state index contributed by atoms with van der Waals surface area (Å²) in [6, 6.07) is 8.75. The van der Waals surface area contributed by atoms with E-state index in [2.05, 4.69) is 20.9 Å². The summed E-state index contributed by atoms with van der Waals surface area (Å²) < 4.78 is 6.26. The van der Waals surface area contributed by atoms with Crippen LogP contribution in [0.25, 0.3) is 0 Å². The fourth-order valence-electron chi connectivity index (χ4n) is 1.74. The Morgan fingerprint density at radius 1 is 1.36 bits per heavy atom. The predicted octanol–water partition coefficient (Wildman–Crippen LogP) is 4.30. The Morgan fingerprint density at radius 3 is 2.86 bits per heavy atom. The predicted molar refractivity (Wildman–Crippen MR) is 90.9 cm³/mol. The van der Waals surface area contributed by atoms with Gasteiger partial charge in [-0.1, -0.05) is 29.3 Å². The standard InChI is InChI=1S/C15H13BrCl2N2O2/c1-20(5-6-22-12-4-2-3-11(17)8-12)15(21)13-7-10(16)9-19-14(13)18/h2-4,7-9H,5-6H2,1H3. The Hall–Kier alpha value is -1.30. The zero-order valence-electron chi connectivity index (χ0n) is 11.7. The lowest BCUT2D eigenvalue weighted by molar-refractivity contribution is 0.0773. The zero-order valence-corrected chi connectivity index (χ0v) is 14.8. The molecule has 0 fully saturated rings. The van der Waals surface area contributed by atoms with Crippen molar-refractivity contribution in [2.45, 2.75) is 0 Å². The molecule has 0 spiro atoms. The first-order valence-corrected chi connectivity index (χ1v) is 7.97. The van der Waals surface area contributed by atoms with Crippen molar-refractivity contribution in [3.05, 3.63) is 56.7 Å². The Labute approximate surface area is 147 Å². The molecule has 22 heavy (non-hydrogen) atoms. The van der Waals surface area contributed by atoms with Crippen molar-refractivity contribution in [1.82, 2.24) is 9.88 Å². The lowest BCUT2D eigenvalue weighted by atomic mass is 10.2. The second-order valence-electron chi connectivity index (χ2n) is 4.52. The molecule has 0 radical (unpaired) electrons. The van der Waals surface area contributed by atoms with Gasteiger partial charge in [-0.05, 0) is 40.2 Å². The number of likely N-dealkylation sites (N-methyl/N-ethyl adjacent to an activating group) is 1. The number of benzene rings is 1. The first kappa shape index (κ1) is 17.1. The largest absolute Gasteiger partial charge is 0.492 e. The Morgan fingerprint density at radius 2 is 2.14 bits per heavy atom. The van der Waals surface area contributed by atoms with Gasteiger partial charge < -0.3 is 9.64 Å². The summed E-state index contributed by atoms with van der Waals surface area (Å²) in [5, 5.41) is 0.782. The molecule has 0 aliphatic rings. The van der Waals surface area contributed by atoms with Crippen molar-refractivity contribution < 1.29 is 9.53 Å². The van der Waals surface area contributed by atoms with Crippen LogP contribution < -0.4 is 4.74 Å².